The van der Waals surface area contributed by atoms with Gasteiger partial charge in [0.05, 0.1) is 36.7 Å². The van der Waals surface area contributed by atoms with Crippen molar-refractivity contribution in [3.8, 4) is 11.3 Å². The first-order chi connectivity index (χ1) is 17.4. The molecule has 37 heavy (non-hydrogen) atoms. The SMILES string of the molecule is CS(=O)(=O)c1ccc(C(=O)NC(Cc2ccc3nc(-c4c(Cl)cccc4Cl)ccc3c2)C(=O)O)c(Cl)c1. The van der Waals surface area contributed by atoms with Crippen molar-refractivity contribution >= 4 is 67.4 Å². The van der Waals surface area contributed by atoms with E-state index in [0.29, 0.717) is 32.4 Å². The Bertz CT molecular complexity index is 1640. The van der Waals surface area contributed by atoms with Gasteiger partial charge in [-0.05, 0) is 54.1 Å². The van der Waals surface area contributed by atoms with E-state index in [0.717, 1.165) is 17.7 Å². The van der Waals surface area contributed by atoms with Crippen molar-refractivity contribution in [3.63, 3.8) is 0 Å². The molecule has 11 heteroatoms. The second-order valence-electron chi connectivity index (χ2n) is 8.30. The van der Waals surface area contributed by atoms with Crippen molar-refractivity contribution in [3.05, 3.63) is 92.9 Å². The Morgan fingerprint density at radius 3 is 2.27 bits per heavy atom. The fraction of sp³-hybridized carbons (Fsp3) is 0.115. The second kappa shape index (κ2) is 10.7. The molecule has 1 atom stereocenters. The van der Waals surface area contributed by atoms with Crippen LogP contribution in [0.3, 0.4) is 0 Å². The van der Waals surface area contributed by atoms with E-state index in [1.165, 1.54) is 12.1 Å². The number of hydrogen-bond acceptors (Lipinski definition) is 5. The van der Waals surface area contributed by atoms with E-state index in [1.807, 2.05) is 6.07 Å². The highest BCUT2D eigenvalue weighted by atomic mass is 35.5. The maximum absolute atomic E-state index is 12.7. The highest BCUT2D eigenvalue weighted by Gasteiger charge is 2.23. The third-order valence-electron chi connectivity index (χ3n) is 5.63. The number of benzene rings is 3. The highest BCUT2D eigenvalue weighted by molar-refractivity contribution is 7.90. The fourth-order valence-electron chi connectivity index (χ4n) is 3.77. The molecule has 1 heterocycles. The van der Waals surface area contributed by atoms with E-state index in [2.05, 4.69) is 10.3 Å². The maximum atomic E-state index is 12.7. The molecule has 0 bridgehead atoms. The van der Waals surface area contributed by atoms with Crippen LogP contribution in [0.25, 0.3) is 22.2 Å². The third kappa shape index (κ3) is 6.05. The van der Waals surface area contributed by atoms with Crippen LogP contribution in [0.2, 0.25) is 15.1 Å². The third-order valence-corrected chi connectivity index (χ3v) is 7.68. The van der Waals surface area contributed by atoms with E-state index in [-0.39, 0.29) is 21.9 Å². The van der Waals surface area contributed by atoms with E-state index in [4.69, 9.17) is 34.8 Å². The lowest BCUT2D eigenvalue weighted by atomic mass is 10.0. The molecule has 190 valence electrons. The van der Waals surface area contributed by atoms with Gasteiger partial charge in [0.25, 0.3) is 5.91 Å². The average molecular weight is 578 g/mol. The summed E-state index contributed by atoms with van der Waals surface area (Å²) in [6.45, 7) is 0. The minimum Gasteiger partial charge on any atom is -0.480 e. The van der Waals surface area contributed by atoms with Crippen LogP contribution in [0.4, 0.5) is 0 Å². The van der Waals surface area contributed by atoms with E-state index >= 15 is 0 Å². The number of hydrogen-bond donors (Lipinski definition) is 2. The van der Waals surface area contributed by atoms with E-state index in [1.54, 1.807) is 42.5 Å². The lowest BCUT2D eigenvalue weighted by molar-refractivity contribution is -0.139. The highest BCUT2D eigenvalue weighted by Crippen LogP contribution is 2.34. The first-order valence-electron chi connectivity index (χ1n) is 10.8. The average Bonchev–Trinajstić information content (AvgIpc) is 2.82. The number of sulfone groups is 1. The van der Waals surface area contributed by atoms with Gasteiger partial charge in [-0.15, -0.1) is 0 Å². The monoisotopic (exact) mass is 576 g/mol. The lowest BCUT2D eigenvalue weighted by Crippen LogP contribution is -2.42. The zero-order valence-electron chi connectivity index (χ0n) is 19.2. The molecule has 0 aliphatic carbocycles. The number of rotatable bonds is 7. The Morgan fingerprint density at radius 2 is 1.65 bits per heavy atom. The predicted molar refractivity (Wildman–Crippen MR) is 144 cm³/mol. The van der Waals surface area contributed by atoms with Crippen molar-refractivity contribution in [1.29, 1.82) is 0 Å². The molecular formula is C26H19Cl3N2O5S. The first kappa shape index (κ1) is 26.9. The van der Waals surface area contributed by atoms with Crippen molar-refractivity contribution in [2.75, 3.05) is 6.26 Å². The Labute approximate surface area is 227 Å². The Hall–Kier alpha value is -3.17. The lowest BCUT2D eigenvalue weighted by Gasteiger charge is -2.16. The van der Waals surface area contributed by atoms with Crippen molar-refractivity contribution in [2.45, 2.75) is 17.4 Å². The number of halogens is 3. The van der Waals surface area contributed by atoms with Gasteiger partial charge in [0.1, 0.15) is 6.04 Å². The number of carbonyl (C=O) groups excluding carboxylic acids is 1. The molecule has 1 unspecified atom stereocenters. The van der Waals surface area contributed by atoms with Gasteiger partial charge < -0.3 is 10.4 Å². The summed E-state index contributed by atoms with van der Waals surface area (Å²) in [7, 11) is -3.51. The summed E-state index contributed by atoms with van der Waals surface area (Å²) in [5, 5.41) is 13.8. The zero-order chi connectivity index (χ0) is 26.9. The second-order valence-corrected chi connectivity index (χ2v) is 11.5. The fourth-order valence-corrected chi connectivity index (χ4v) is 5.34. The minimum absolute atomic E-state index is 0.00581. The summed E-state index contributed by atoms with van der Waals surface area (Å²) in [6.07, 6.45) is 1.01. The smallest absolute Gasteiger partial charge is 0.326 e. The summed E-state index contributed by atoms with van der Waals surface area (Å²) in [5.41, 5.74) is 2.50. The first-order valence-corrected chi connectivity index (χ1v) is 13.8. The number of aliphatic carboxylic acids is 1. The molecule has 3 aromatic carbocycles. The molecule has 0 fully saturated rings. The molecule has 0 radical (unpaired) electrons. The summed E-state index contributed by atoms with van der Waals surface area (Å²) in [5.74, 6) is -1.97. The summed E-state index contributed by atoms with van der Waals surface area (Å²) >= 11 is 18.7. The van der Waals surface area contributed by atoms with Crippen LogP contribution in [0.15, 0.2) is 71.6 Å². The standard InChI is InChI=1S/C26H19Cl3N2O5S/c1-37(35,36)16-7-8-17(20(29)13-16)25(32)31-23(26(33)34)12-14-5-9-21-15(11-14)6-10-22(30-21)24-18(27)3-2-4-19(24)28/h2-11,13,23H,12H2,1H3,(H,31,32)(H,33,34). The van der Waals surface area contributed by atoms with Crippen LogP contribution < -0.4 is 5.32 Å². The molecule has 0 saturated carbocycles. The number of aromatic nitrogens is 1. The molecule has 0 saturated heterocycles. The molecular weight excluding hydrogens is 559 g/mol. The molecule has 4 aromatic rings. The van der Waals surface area contributed by atoms with Crippen LogP contribution in [0.5, 0.6) is 0 Å². The van der Waals surface area contributed by atoms with Gasteiger partial charge in [-0.3, -0.25) is 4.79 Å². The van der Waals surface area contributed by atoms with Gasteiger partial charge in [0.15, 0.2) is 9.84 Å². The number of pyridine rings is 1. The van der Waals surface area contributed by atoms with Crippen molar-refractivity contribution in [2.24, 2.45) is 0 Å². The predicted octanol–water partition coefficient (Wildman–Crippen LogP) is 5.69. The quantitative estimate of drug-likeness (QED) is 0.292. The molecule has 0 aliphatic rings. The Balaban J connectivity index is 1.56. The molecule has 2 N–H and O–H groups in total. The zero-order valence-corrected chi connectivity index (χ0v) is 22.3. The van der Waals surface area contributed by atoms with E-state index < -0.39 is 27.8 Å². The largest absolute Gasteiger partial charge is 0.480 e. The molecule has 1 aromatic heterocycles. The number of carboxylic acids is 1. The number of carboxylic acid groups (broad SMARTS) is 1. The van der Waals surface area contributed by atoms with Gasteiger partial charge in [-0.2, -0.15) is 0 Å². The van der Waals surface area contributed by atoms with Crippen LogP contribution in [-0.4, -0.2) is 42.7 Å². The van der Waals surface area contributed by atoms with Crippen LogP contribution in [0, 0.1) is 0 Å². The van der Waals surface area contributed by atoms with Gasteiger partial charge in [0.2, 0.25) is 0 Å². The van der Waals surface area contributed by atoms with Gasteiger partial charge in [-0.1, -0.05) is 53.0 Å². The Kier molecular flexibility index (Phi) is 7.75. The number of nitrogens with one attached hydrogen (secondary N) is 1. The van der Waals surface area contributed by atoms with Crippen molar-refractivity contribution in [1.82, 2.24) is 10.3 Å². The Morgan fingerprint density at radius 1 is 0.946 bits per heavy atom. The van der Waals surface area contributed by atoms with Crippen molar-refractivity contribution < 1.29 is 23.1 Å². The summed E-state index contributed by atoms with van der Waals surface area (Å²) in [4.78, 5) is 29.2. The summed E-state index contributed by atoms with van der Waals surface area (Å²) in [6, 6.07) is 16.5. The van der Waals surface area contributed by atoms with Crippen LogP contribution >= 0.6 is 34.8 Å². The maximum Gasteiger partial charge on any atom is 0.326 e. The van der Waals surface area contributed by atoms with Gasteiger partial charge in [0, 0.05) is 23.6 Å². The van der Waals surface area contributed by atoms with Gasteiger partial charge in [-0.25, -0.2) is 18.2 Å². The topological polar surface area (TPSA) is 113 Å². The molecule has 7 nitrogen and oxygen atoms in total. The van der Waals surface area contributed by atoms with Crippen LogP contribution in [-0.2, 0) is 21.1 Å². The molecule has 0 spiro atoms. The van der Waals surface area contributed by atoms with Gasteiger partial charge >= 0.3 is 5.97 Å². The summed E-state index contributed by atoms with van der Waals surface area (Å²) < 4.78 is 23.4. The molecule has 0 aliphatic heterocycles. The normalized spacial score (nSPS) is 12.3. The van der Waals surface area contributed by atoms with E-state index in [9.17, 15) is 23.1 Å². The molecule has 1 amide bonds. The number of fused-ring (bicyclic) bond motifs is 1. The number of nitrogens with zero attached hydrogens (tertiary/aromatic N) is 1. The minimum atomic E-state index is -3.51. The number of amides is 1. The number of carbonyl (C=O) groups is 2. The molecule has 4 rings (SSSR count). The van der Waals surface area contributed by atoms with Crippen LogP contribution in [0.1, 0.15) is 15.9 Å².